The third-order valence-corrected chi connectivity index (χ3v) is 4.40. The van der Waals surface area contributed by atoms with Gasteiger partial charge in [-0.25, -0.2) is 0 Å². The van der Waals surface area contributed by atoms with Gasteiger partial charge in [-0.15, -0.1) is 10.2 Å². The third-order valence-electron chi connectivity index (χ3n) is 4.40. The zero-order chi connectivity index (χ0) is 20.2. The van der Waals surface area contributed by atoms with Crippen LogP contribution in [0.3, 0.4) is 0 Å². The molecule has 1 amide bonds. The monoisotopic (exact) mass is 389 g/mol. The highest BCUT2D eigenvalue weighted by Gasteiger charge is 2.18. The second-order valence-electron chi connectivity index (χ2n) is 6.42. The van der Waals surface area contributed by atoms with E-state index in [1.165, 1.54) is 4.90 Å². The zero-order valence-corrected chi connectivity index (χ0v) is 16.0. The maximum atomic E-state index is 12.7. The minimum absolute atomic E-state index is 0.190. The Balaban J connectivity index is 1.44. The van der Waals surface area contributed by atoms with Gasteiger partial charge in [0, 0.05) is 18.2 Å². The Kier molecular flexibility index (Phi) is 5.07. The average molecular weight is 389 g/mol. The van der Waals surface area contributed by atoms with E-state index in [4.69, 9.17) is 9.15 Å². The first kappa shape index (κ1) is 18.4. The second-order valence-corrected chi connectivity index (χ2v) is 6.42. The number of benzene rings is 2. The Labute approximate surface area is 167 Å². The molecule has 0 aliphatic heterocycles. The quantitative estimate of drug-likeness (QED) is 0.543. The Morgan fingerprint density at radius 2 is 1.83 bits per heavy atom. The Hall–Kier alpha value is -3.94. The van der Waals surface area contributed by atoms with Gasteiger partial charge in [-0.2, -0.15) is 5.10 Å². The molecule has 0 saturated carbocycles. The van der Waals surface area contributed by atoms with E-state index in [-0.39, 0.29) is 12.5 Å². The van der Waals surface area contributed by atoms with Crippen LogP contribution >= 0.6 is 0 Å². The number of nitrogens with one attached hydrogen (secondary N) is 1. The van der Waals surface area contributed by atoms with E-state index in [1.54, 1.807) is 20.2 Å². The number of aromatic amines is 1. The summed E-state index contributed by atoms with van der Waals surface area (Å²) in [5.41, 5.74) is 2.76. The molecule has 0 spiro atoms. The van der Waals surface area contributed by atoms with Crippen LogP contribution in [-0.2, 0) is 6.54 Å². The number of hydrogen-bond acceptors (Lipinski definition) is 6. The number of ether oxygens (including phenoxy) is 1. The number of hydrogen-bond donors (Lipinski definition) is 1. The molecule has 1 N–H and O–H groups in total. The van der Waals surface area contributed by atoms with Gasteiger partial charge in [0.2, 0.25) is 11.8 Å². The Morgan fingerprint density at radius 1 is 1.07 bits per heavy atom. The molecule has 0 bridgehead atoms. The molecule has 0 saturated heterocycles. The first-order chi connectivity index (χ1) is 14.1. The zero-order valence-electron chi connectivity index (χ0n) is 16.0. The number of carbonyl (C=O) groups excluding carboxylic acids is 1. The van der Waals surface area contributed by atoms with Crippen LogP contribution in [0.15, 0.2) is 65.1 Å². The van der Waals surface area contributed by atoms with Crippen molar-refractivity contribution >= 4 is 5.91 Å². The van der Waals surface area contributed by atoms with Crippen LogP contribution in [0.25, 0.3) is 22.7 Å². The molecule has 29 heavy (non-hydrogen) atoms. The van der Waals surface area contributed by atoms with Crippen LogP contribution in [0.1, 0.15) is 16.4 Å². The number of nitrogens with zero attached hydrogens (tertiary/aromatic N) is 4. The van der Waals surface area contributed by atoms with Crippen LogP contribution in [0.4, 0.5) is 0 Å². The fraction of sp³-hybridized carbons (Fsp3) is 0.143. The molecular formula is C21H19N5O3. The molecule has 2 aromatic carbocycles. The van der Waals surface area contributed by atoms with Gasteiger partial charge in [0.25, 0.3) is 5.91 Å². The molecule has 0 fully saturated rings. The van der Waals surface area contributed by atoms with Crippen LogP contribution in [0, 0.1) is 0 Å². The summed E-state index contributed by atoms with van der Waals surface area (Å²) in [6, 6.07) is 18.7. The fourth-order valence-electron chi connectivity index (χ4n) is 2.84. The number of rotatable bonds is 6. The number of amides is 1. The highest BCUT2D eigenvalue weighted by Crippen LogP contribution is 2.22. The molecule has 0 atom stereocenters. The standard InChI is InChI=1S/C21H19N5O3/c1-26(13-19-24-25-20(29-19)15-6-4-3-5-7-15)21(27)18-12-17(22-23-18)14-8-10-16(28-2)11-9-14/h3-12H,13H2,1-2H3,(H,22,23). The number of methoxy groups -OCH3 is 1. The summed E-state index contributed by atoms with van der Waals surface area (Å²) < 4.78 is 10.8. The molecule has 0 unspecified atom stereocenters. The lowest BCUT2D eigenvalue weighted by atomic mass is 10.1. The van der Waals surface area contributed by atoms with Gasteiger partial charge >= 0.3 is 0 Å². The van der Waals surface area contributed by atoms with Crippen molar-refractivity contribution in [2.75, 3.05) is 14.2 Å². The highest BCUT2D eigenvalue weighted by molar-refractivity contribution is 5.93. The van der Waals surface area contributed by atoms with E-state index in [0.717, 1.165) is 16.9 Å². The molecule has 0 aliphatic carbocycles. The van der Waals surface area contributed by atoms with Crippen LogP contribution in [0.5, 0.6) is 5.75 Å². The molecule has 146 valence electrons. The SMILES string of the molecule is COc1ccc(-c2cc(C(=O)N(C)Cc3nnc(-c4ccccc4)o3)[nH]n2)cc1. The van der Waals surface area contributed by atoms with Gasteiger partial charge in [0.1, 0.15) is 11.4 Å². The fourth-order valence-corrected chi connectivity index (χ4v) is 2.84. The third kappa shape index (κ3) is 4.01. The van der Waals surface area contributed by atoms with E-state index in [2.05, 4.69) is 20.4 Å². The summed E-state index contributed by atoms with van der Waals surface area (Å²) in [6.07, 6.45) is 0. The lowest BCUT2D eigenvalue weighted by Gasteiger charge is -2.13. The molecule has 4 rings (SSSR count). The van der Waals surface area contributed by atoms with Crippen molar-refractivity contribution in [3.05, 3.63) is 72.2 Å². The van der Waals surface area contributed by atoms with Gasteiger partial charge in [0.05, 0.1) is 19.3 Å². The lowest BCUT2D eigenvalue weighted by Crippen LogP contribution is -2.26. The van der Waals surface area contributed by atoms with Gasteiger partial charge in [0.15, 0.2) is 0 Å². The maximum absolute atomic E-state index is 12.7. The number of H-pyrrole nitrogens is 1. The first-order valence-corrected chi connectivity index (χ1v) is 8.97. The number of carbonyl (C=O) groups is 1. The minimum atomic E-state index is -0.225. The van der Waals surface area contributed by atoms with E-state index < -0.39 is 0 Å². The van der Waals surface area contributed by atoms with Crippen molar-refractivity contribution in [3.63, 3.8) is 0 Å². The minimum Gasteiger partial charge on any atom is -0.497 e. The van der Waals surface area contributed by atoms with E-state index in [0.29, 0.717) is 23.2 Å². The summed E-state index contributed by atoms with van der Waals surface area (Å²) >= 11 is 0. The van der Waals surface area contributed by atoms with Crippen molar-refractivity contribution in [1.29, 1.82) is 0 Å². The van der Waals surface area contributed by atoms with E-state index in [1.807, 2.05) is 54.6 Å². The van der Waals surface area contributed by atoms with Crippen LogP contribution in [-0.4, -0.2) is 45.4 Å². The molecule has 0 radical (unpaired) electrons. The Bertz CT molecular complexity index is 1100. The molecule has 4 aromatic rings. The van der Waals surface area contributed by atoms with Gasteiger partial charge < -0.3 is 14.1 Å². The first-order valence-electron chi connectivity index (χ1n) is 8.97. The summed E-state index contributed by atoms with van der Waals surface area (Å²) in [7, 11) is 3.28. The van der Waals surface area contributed by atoms with Crippen molar-refractivity contribution in [2.24, 2.45) is 0 Å². The highest BCUT2D eigenvalue weighted by atomic mass is 16.5. The predicted molar refractivity (Wildman–Crippen MR) is 106 cm³/mol. The smallest absolute Gasteiger partial charge is 0.272 e. The van der Waals surface area contributed by atoms with Crippen molar-refractivity contribution < 1.29 is 13.9 Å². The van der Waals surface area contributed by atoms with Crippen LogP contribution in [0.2, 0.25) is 0 Å². The number of aromatic nitrogens is 4. The van der Waals surface area contributed by atoms with Crippen molar-refractivity contribution in [2.45, 2.75) is 6.54 Å². The van der Waals surface area contributed by atoms with E-state index in [9.17, 15) is 4.79 Å². The molecule has 8 heteroatoms. The average Bonchev–Trinajstić information content (AvgIpc) is 3.44. The molecule has 8 nitrogen and oxygen atoms in total. The summed E-state index contributed by atoms with van der Waals surface area (Å²) in [5, 5.41) is 15.1. The maximum Gasteiger partial charge on any atom is 0.272 e. The normalized spacial score (nSPS) is 10.7. The van der Waals surface area contributed by atoms with Crippen molar-refractivity contribution in [1.82, 2.24) is 25.3 Å². The topological polar surface area (TPSA) is 97.1 Å². The summed E-state index contributed by atoms with van der Waals surface area (Å²) in [5.74, 6) is 1.31. The van der Waals surface area contributed by atoms with Crippen LogP contribution < -0.4 is 4.74 Å². The summed E-state index contributed by atoms with van der Waals surface area (Å²) in [4.78, 5) is 14.2. The predicted octanol–water partition coefficient (Wildman–Crippen LogP) is 3.41. The second kappa shape index (κ2) is 7.97. The van der Waals surface area contributed by atoms with Gasteiger partial charge in [-0.05, 0) is 42.5 Å². The molecule has 0 aliphatic rings. The van der Waals surface area contributed by atoms with E-state index >= 15 is 0 Å². The molecule has 2 aromatic heterocycles. The van der Waals surface area contributed by atoms with Gasteiger partial charge in [-0.1, -0.05) is 18.2 Å². The van der Waals surface area contributed by atoms with Gasteiger partial charge in [-0.3, -0.25) is 9.89 Å². The van der Waals surface area contributed by atoms with Crippen molar-refractivity contribution in [3.8, 4) is 28.5 Å². The summed E-state index contributed by atoms with van der Waals surface area (Å²) in [6.45, 7) is 0.190. The lowest BCUT2D eigenvalue weighted by molar-refractivity contribution is 0.0767. The molecular weight excluding hydrogens is 370 g/mol. The Morgan fingerprint density at radius 3 is 2.55 bits per heavy atom. The largest absolute Gasteiger partial charge is 0.497 e. The molecule has 2 heterocycles.